The number of aromatic nitrogens is 2. The van der Waals surface area contributed by atoms with Crippen LogP contribution in [0.3, 0.4) is 0 Å². The molecule has 28 heavy (non-hydrogen) atoms. The maximum Gasteiger partial charge on any atom is 0.262 e. The Morgan fingerprint density at radius 2 is 2.18 bits per heavy atom. The molecule has 7 nitrogen and oxygen atoms in total. The Balaban J connectivity index is 1.80. The maximum atomic E-state index is 12.8. The molecule has 1 aromatic carbocycles. The molecule has 0 radical (unpaired) electrons. The van der Waals surface area contributed by atoms with E-state index < -0.39 is 15.4 Å². The van der Waals surface area contributed by atoms with Gasteiger partial charge in [0.05, 0.1) is 33.7 Å². The van der Waals surface area contributed by atoms with Crippen molar-refractivity contribution < 1.29 is 13.2 Å². The molecule has 1 fully saturated rings. The van der Waals surface area contributed by atoms with Gasteiger partial charge in [-0.05, 0) is 38.0 Å². The van der Waals surface area contributed by atoms with Crippen LogP contribution in [0, 0.1) is 0 Å². The van der Waals surface area contributed by atoms with Crippen LogP contribution >= 0.6 is 23.4 Å². The highest BCUT2D eigenvalue weighted by atomic mass is 35.5. The lowest BCUT2D eigenvalue weighted by molar-refractivity contribution is -0.120. The summed E-state index contributed by atoms with van der Waals surface area (Å²) in [4.78, 5) is 29.7. The molecule has 1 aromatic heterocycles. The van der Waals surface area contributed by atoms with E-state index >= 15 is 0 Å². The van der Waals surface area contributed by atoms with E-state index in [1.807, 2.05) is 6.92 Å². The Kier molecular flexibility index (Phi) is 6.07. The van der Waals surface area contributed by atoms with Gasteiger partial charge in [-0.1, -0.05) is 30.3 Å². The SMILES string of the molecule is CCCn1c(SCC(=O)NC2(C)CCS(=O)(=O)C2)nc2cc(Cl)ccc2c1=O. The zero-order chi connectivity index (χ0) is 20.5. The summed E-state index contributed by atoms with van der Waals surface area (Å²) in [5, 5.41) is 4.23. The van der Waals surface area contributed by atoms with Gasteiger partial charge in [0.25, 0.3) is 5.56 Å². The fourth-order valence-corrected chi connectivity index (χ4v) is 6.40. The molecular formula is C18H22ClN3O4S2. The minimum atomic E-state index is -3.11. The van der Waals surface area contributed by atoms with E-state index in [1.165, 1.54) is 0 Å². The number of halogens is 1. The molecule has 10 heteroatoms. The summed E-state index contributed by atoms with van der Waals surface area (Å²) in [5.74, 6) is -0.213. The molecule has 1 aliphatic heterocycles. The molecule has 0 spiro atoms. The predicted molar refractivity (Wildman–Crippen MR) is 112 cm³/mol. The van der Waals surface area contributed by atoms with Crippen molar-refractivity contribution in [2.24, 2.45) is 0 Å². The van der Waals surface area contributed by atoms with E-state index in [0.717, 1.165) is 18.2 Å². The number of benzene rings is 1. The Bertz CT molecular complexity index is 1080. The summed E-state index contributed by atoms with van der Waals surface area (Å²) < 4.78 is 25.0. The van der Waals surface area contributed by atoms with Gasteiger partial charge in [0, 0.05) is 11.6 Å². The molecule has 0 aliphatic carbocycles. The van der Waals surface area contributed by atoms with Crippen LogP contribution in [-0.2, 0) is 21.2 Å². The molecule has 1 unspecified atom stereocenters. The van der Waals surface area contributed by atoms with Gasteiger partial charge in [-0.15, -0.1) is 0 Å². The molecular weight excluding hydrogens is 422 g/mol. The Hall–Kier alpha value is -1.58. The van der Waals surface area contributed by atoms with Gasteiger partial charge in [0.15, 0.2) is 15.0 Å². The number of hydrogen-bond donors (Lipinski definition) is 1. The molecule has 1 amide bonds. The van der Waals surface area contributed by atoms with E-state index in [2.05, 4.69) is 10.3 Å². The van der Waals surface area contributed by atoms with Crippen molar-refractivity contribution >= 4 is 50.0 Å². The molecule has 1 saturated heterocycles. The number of fused-ring (bicyclic) bond motifs is 1. The van der Waals surface area contributed by atoms with Gasteiger partial charge < -0.3 is 5.32 Å². The van der Waals surface area contributed by atoms with Crippen molar-refractivity contribution in [3.05, 3.63) is 33.6 Å². The fourth-order valence-electron chi connectivity index (χ4n) is 3.32. The van der Waals surface area contributed by atoms with Crippen molar-refractivity contribution in [2.75, 3.05) is 17.3 Å². The van der Waals surface area contributed by atoms with Crippen molar-refractivity contribution in [2.45, 2.75) is 43.9 Å². The van der Waals surface area contributed by atoms with E-state index in [1.54, 1.807) is 29.7 Å². The first-order valence-electron chi connectivity index (χ1n) is 8.97. The second kappa shape index (κ2) is 8.04. The minimum Gasteiger partial charge on any atom is -0.349 e. The molecule has 2 heterocycles. The van der Waals surface area contributed by atoms with Gasteiger partial charge in [-0.3, -0.25) is 14.2 Å². The van der Waals surface area contributed by atoms with E-state index in [9.17, 15) is 18.0 Å². The number of carbonyl (C=O) groups excluding carboxylic acids is 1. The summed E-state index contributed by atoms with van der Waals surface area (Å²) in [6.45, 7) is 4.19. The highest BCUT2D eigenvalue weighted by molar-refractivity contribution is 7.99. The molecule has 0 bridgehead atoms. The van der Waals surface area contributed by atoms with Gasteiger partial charge in [0.2, 0.25) is 5.91 Å². The molecule has 2 aromatic rings. The number of rotatable bonds is 6. The summed E-state index contributed by atoms with van der Waals surface area (Å²) >= 11 is 7.18. The highest BCUT2D eigenvalue weighted by Gasteiger charge is 2.39. The lowest BCUT2D eigenvalue weighted by Gasteiger charge is -2.23. The van der Waals surface area contributed by atoms with Crippen LogP contribution in [0.15, 0.2) is 28.2 Å². The fraction of sp³-hybridized carbons (Fsp3) is 0.500. The van der Waals surface area contributed by atoms with Crippen LogP contribution in [0.4, 0.5) is 0 Å². The summed E-state index contributed by atoms with van der Waals surface area (Å²) in [7, 11) is -3.11. The molecule has 0 saturated carbocycles. The average molecular weight is 444 g/mol. The van der Waals surface area contributed by atoms with E-state index in [4.69, 9.17) is 11.6 Å². The van der Waals surface area contributed by atoms with Gasteiger partial charge >= 0.3 is 0 Å². The highest BCUT2D eigenvalue weighted by Crippen LogP contribution is 2.24. The first-order valence-corrected chi connectivity index (χ1v) is 12.2. The number of sulfone groups is 1. The Morgan fingerprint density at radius 1 is 1.43 bits per heavy atom. The summed E-state index contributed by atoms with van der Waals surface area (Å²) in [6, 6.07) is 4.94. The average Bonchev–Trinajstić information content (AvgIpc) is 2.88. The van der Waals surface area contributed by atoms with Crippen LogP contribution < -0.4 is 10.9 Å². The third-order valence-corrected chi connectivity index (χ3v) is 7.72. The second-order valence-electron chi connectivity index (χ2n) is 7.25. The quantitative estimate of drug-likeness (QED) is 0.543. The topological polar surface area (TPSA) is 98.1 Å². The zero-order valence-corrected chi connectivity index (χ0v) is 18.1. The van der Waals surface area contributed by atoms with E-state index in [0.29, 0.717) is 34.0 Å². The number of nitrogens with one attached hydrogen (secondary N) is 1. The maximum absolute atomic E-state index is 12.8. The van der Waals surface area contributed by atoms with Crippen molar-refractivity contribution in [1.82, 2.24) is 14.9 Å². The van der Waals surface area contributed by atoms with Crippen LogP contribution in [0.25, 0.3) is 10.9 Å². The largest absolute Gasteiger partial charge is 0.349 e. The monoisotopic (exact) mass is 443 g/mol. The standard InChI is InChI=1S/C18H22ClN3O4S2/c1-3-7-22-16(24)13-5-4-12(19)9-14(13)20-17(22)27-10-15(23)21-18(2)6-8-28(25,26)11-18/h4-5,9H,3,6-8,10-11H2,1-2H3,(H,21,23). The van der Waals surface area contributed by atoms with Crippen molar-refractivity contribution in [3.8, 4) is 0 Å². The molecule has 1 atom stereocenters. The first kappa shape index (κ1) is 21.1. The molecule has 1 aliphatic rings. The normalized spacial score (nSPS) is 21.1. The number of carbonyl (C=O) groups is 1. The number of thioether (sulfide) groups is 1. The lowest BCUT2D eigenvalue weighted by Crippen LogP contribution is -2.47. The first-order chi connectivity index (χ1) is 13.1. The van der Waals surface area contributed by atoms with Crippen LogP contribution in [-0.4, -0.2) is 46.7 Å². The number of hydrogen-bond acceptors (Lipinski definition) is 6. The molecule has 152 valence electrons. The zero-order valence-electron chi connectivity index (χ0n) is 15.7. The predicted octanol–water partition coefficient (Wildman–Crippen LogP) is 2.25. The lowest BCUT2D eigenvalue weighted by atomic mass is 10.0. The number of amides is 1. The minimum absolute atomic E-state index is 0.0395. The Labute approximate surface area is 172 Å². The smallest absolute Gasteiger partial charge is 0.262 e. The summed E-state index contributed by atoms with van der Waals surface area (Å²) in [5.41, 5.74) is -0.425. The van der Waals surface area contributed by atoms with Gasteiger partial charge in [-0.25, -0.2) is 13.4 Å². The second-order valence-corrected chi connectivity index (χ2v) is 10.8. The Morgan fingerprint density at radius 3 is 2.82 bits per heavy atom. The molecule has 3 rings (SSSR count). The number of nitrogens with zero attached hydrogens (tertiary/aromatic N) is 2. The summed E-state index contributed by atoms with van der Waals surface area (Å²) in [6.07, 6.45) is 1.15. The third kappa shape index (κ3) is 4.69. The van der Waals surface area contributed by atoms with Gasteiger partial charge in [-0.2, -0.15) is 0 Å². The van der Waals surface area contributed by atoms with E-state index in [-0.39, 0.29) is 28.7 Å². The van der Waals surface area contributed by atoms with Crippen LogP contribution in [0.1, 0.15) is 26.7 Å². The van der Waals surface area contributed by atoms with Crippen LogP contribution in [0.2, 0.25) is 5.02 Å². The van der Waals surface area contributed by atoms with Gasteiger partial charge in [0.1, 0.15) is 0 Å². The third-order valence-electron chi connectivity index (χ3n) is 4.61. The van der Waals surface area contributed by atoms with Crippen molar-refractivity contribution in [3.63, 3.8) is 0 Å². The van der Waals surface area contributed by atoms with Crippen LogP contribution in [0.5, 0.6) is 0 Å². The van der Waals surface area contributed by atoms with Crippen molar-refractivity contribution in [1.29, 1.82) is 0 Å². The molecule has 1 N–H and O–H groups in total.